The van der Waals surface area contributed by atoms with Crippen LogP contribution in [0.3, 0.4) is 0 Å². The van der Waals surface area contributed by atoms with Crippen molar-refractivity contribution < 1.29 is 14.6 Å². The number of nitrogens with one attached hydrogen (secondary N) is 1. The molecule has 4 heteroatoms. The van der Waals surface area contributed by atoms with Gasteiger partial charge in [0.15, 0.2) is 0 Å². The predicted molar refractivity (Wildman–Crippen MR) is 43.7 cm³/mol. The molecule has 0 aromatic heterocycles. The topological polar surface area (TPSA) is 58.6 Å². The Bertz CT molecular complexity index is 160. The van der Waals surface area contributed by atoms with Gasteiger partial charge in [-0.2, -0.15) is 0 Å². The van der Waals surface area contributed by atoms with Gasteiger partial charge in [-0.1, -0.05) is 0 Å². The van der Waals surface area contributed by atoms with Gasteiger partial charge in [0, 0.05) is 6.04 Å². The highest BCUT2D eigenvalue weighted by Gasteiger charge is 2.26. The number of aliphatic hydroxyl groups is 1. The van der Waals surface area contributed by atoms with E-state index >= 15 is 0 Å². The second-order valence-electron chi connectivity index (χ2n) is 2.93. The molecule has 1 fully saturated rings. The summed E-state index contributed by atoms with van der Waals surface area (Å²) in [5.41, 5.74) is 0. The Morgan fingerprint density at radius 1 is 1.75 bits per heavy atom. The zero-order valence-electron chi connectivity index (χ0n) is 7.25. The Labute approximate surface area is 71.9 Å². The first-order valence-electron chi connectivity index (χ1n) is 4.31. The van der Waals surface area contributed by atoms with Gasteiger partial charge in [-0.05, 0) is 19.9 Å². The summed E-state index contributed by atoms with van der Waals surface area (Å²) in [5.74, 6) is -0.240. The monoisotopic (exact) mass is 173 g/mol. The molecular weight excluding hydrogens is 158 g/mol. The minimum absolute atomic E-state index is 0.107. The van der Waals surface area contributed by atoms with Crippen LogP contribution in [0.2, 0.25) is 0 Å². The van der Waals surface area contributed by atoms with Crippen molar-refractivity contribution in [3.8, 4) is 0 Å². The fourth-order valence-corrected chi connectivity index (χ4v) is 1.36. The van der Waals surface area contributed by atoms with E-state index in [2.05, 4.69) is 5.32 Å². The van der Waals surface area contributed by atoms with Crippen LogP contribution < -0.4 is 5.32 Å². The Kier molecular flexibility index (Phi) is 3.49. The van der Waals surface area contributed by atoms with E-state index in [1.54, 1.807) is 6.92 Å². The minimum atomic E-state index is -0.394. The maximum Gasteiger partial charge on any atom is 0.307 e. The van der Waals surface area contributed by atoms with Crippen molar-refractivity contribution in [2.75, 3.05) is 13.2 Å². The quantitative estimate of drug-likeness (QED) is 0.573. The van der Waals surface area contributed by atoms with Crippen LogP contribution in [0.1, 0.15) is 19.8 Å². The summed E-state index contributed by atoms with van der Waals surface area (Å²) in [7, 11) is 0. The number of carbonyl (C=O) groups is 1. The van der Waals surface area contributed by atoms with Crippen LogP contribution in [-0.2, 0) is 9.53 Å². The van der Waals surface area contributed by atoms with Gasteiger partial charge in [0.25, 0.3) is 0 Å². The van der Waals surface area contributed by atoms with E-state index in [1.165, 1.54) is 0 Å². The highest BCUT2D eigenvalue weighted by molar-refractivity contribution is 5.70. The van der Waals surface area contributed by atoms with Gasteiger partial charge in [0.1, 0.15) is 0 Å². The number of aliphatic hydroxyl groups excluding tert-OH is 1. The van der Waals surface area contributed by atoms with Gasteiger partial charge in [-0.3, -0.25) is 4.79 Å². The molecule has 1 aliphatic heterocycles. The van der Waals surface area contributed by atoms with Gasteiger partial charge in [0.05, 0.1) is 19.1 Å². The third kappa shape index (κ3) is 2.46. The summed E-state index contributed by atoms with van der Waals surface area (Å²) in [6.07, 6.45) is 0.605. The maximum absolute atomic E-state index is 11.0. The van der Waals surface area contributed by atoms with Gasteiger partial charge in [-0.15, -0.1) is 0 Å². The van der Waals surface area contributed by atoms with Crippen molar-refractivity contribution in [1.29, 1.82) is 0 Å². The Morgan fingerprint density at radius 2 is 2.50 bits per heavy atom. The molecule has 4 nitrogen and oxygen atoms in total. The number of carbonyl (C=O) groups excluding carboxylic acids is 1. The fraction of sp³-hybridized carbons (Fsp3) is 0.875. The molecule has 2 N–H and O–H groups in total. The van der Waals surface area contributed by atoms with E-state index in [4.69, 9.17) is 4.74 Å². The molecule has 1 aliphatic rings. The summed E-state index contributed by atoms with van der Waals surface area (Å²) in [6, 6.07) is -0.107. The summed E-state index contributed by atoms with van der Waals surface area (Å²) in [5, 5.41) is 12.4. The lowest BCUT2D eigenvalue weighted by Gasteiger charge is -2.12. The maximum atomic E-state index is 11.0. The average Bonchev–Trinajstić information content (AvgIpc) is 2.37. The van der Waals surface area contributed by atoms with E-state index in [1.807, 2.05) is 0 Å². The third-order valence-electron chi connectivity index (χ3n) is 2.00. The normalized spacial score (nSPS) is 28.8. The van der Waals surface area contributed by atoms with Crippen LogP contribution in [0, 0.1) is 0 Å². The van der Waals surface area contributed by atoms with Crippen LogP contribution in [0.5, 0.6) is 0 Å². The summed E-state index contributed by atoms with van der Waals surface area (Å²) in [6.45, 7) is 2.96. The van der Waals surface area contributed by atoms with Crippen LogP contribution in [0.4, 0.5) is 0 Å². The first-order valence-corrected chi connectivity index (χ1v) is 4.31. The summed E-state index contributed by atoms with van der Waals surface area (Å²) >= 11 is 0. The Morgan fingerprint density at radius 3 is 3.00 bits per heavy atom. The lowest BCUT2D eigenvalue weighted by Crippen LogP contribution is -2.33. The molecule has 0 radical (unpaired) electrons. The van der Waals surface area contributed by atoms with Crippen molar-refractivity contribution in [3.05, 3.63) is 0 Å². The zero-order chi connectivity index (χ0) is 8.97. The highest BCUT2D eigenvalue weighted by Crippen LogP contribution is 2.10. The molecule has 0 aliphatic carbocycles. The van der Waals surface area contributed by atoms with Crippen molar-refractivity contribution in [2.24, 2.45) is 0 Å². The molecule has 1 saturated heterocycles. The second-order valence-corrected chi connectivity index (χ2v) is 2.93. The molecule has 0 unspecified atom stereocenters. The molecule has 0 aromatic carbocycles. The molecule has 1 heterocycles. The van der Waals surface area contributed by atoms with Gasteiger partial charge >= 0.3 is 5.97 Å². The van der Waals surface area contributed by atoms with Gasteiger partial charge in [0.2, 0.25) is 0 Å². The van der Waals surface area contributed by atoms with E-state index in [0.29, 0.717) is 6.61 Å². The smallest absolute Gasteiger partial charge is 0.307 e. The van der Waals surface area contributed by atoms with Crippen LogP contribution in [-0.4, -0.2) is 36.4 Å². The van der Waals surface area contributed by atoms with Crippen LogP contribution in [0.15, 0.2) is 0 Å². The van der Waals surface area contributed by atoms with E-state index in [-0.39, 0.29) is 18.4 Å². The summed E-state index contributed by atoms with van der Waals surface area (Å²) < 4.78 is 4.76. The number of ether oxygens (including phenoxy) is 1. The van der Waals surface area contributed by atoms with E-state index in [0.717, 1.165) is 13.0 Å². The largest absolute Gasteiger partial charge is 0.466 e. The summed E-state index contributed by atoms with van der Waals surface area (Å²) in [4.78, 5) is 11.0. The number of hydrogen-bond acceptors (Lipinski definition) is 4. The van der Waals surface area contributed by atoms with Crippen LogP contribution >= 0.6 is 0 Å². The van der Waals surface area contributed by atoms with Crippen molar-refractivity contribution in [2.45, 2.75) is 31.9 Å². The molecule has 0 aromatic rings. The van der Waals surface area contributed by atoms with Gasteiger partial charge in [-0.25, -0.2) is 0 Å². The molecule has 0 amide bonds. The van der Waals surface area contributed by atoms with Crippen molar-refractivity contribution >= 4 is 5.97 Å². The standard InChI is InChI=1S/C8H15NO3/c1-2-12-8(11)5-6-7(10)3-4-9-6/h6-7,9-10H,2-5H2,1H3/t6-,7+/m0/s1. The predicted octanol–water partition coefficient (Wildman–Crippen LogP) is -0.338. The molecular formula is C8H15NO3. The molecule has 0 saturated carbocycles. The zero-order valence-corrected chi connectivity index (χ0v) is 7.25. The Hall–Kier alpha value is -0.610. The first kappa shape index (κ1) is 9.48. The van der Waals surface area contributed by atoms with E-state index < -0.39 is 6.10 Å². The third-order valence-corrected chi connectivity index (χ3v) is 2.00. The first-order chi connectivity index (χ1) is 5.74. The number of esters is 1. The lowest BCUT2D eigenvalue weighted by molar-refractivity contribution is -0.144. The fourth-order valence-electron chi connectivity index (χ4n) is 1.36. The van der Waals surface area contributed by atoms with Crippen molar-refractivity contribution in [3.63, 3.8) is 0 Å². The van der Waals surface area contributed by atoms with Crippen LogP contribution in [0.25, 0.3) is 0 Å². The molecule has 12 heavy (non-hydrogen) atoms. The highest BCUT2D eigenvalue weighted by atomic mass is 16.5. The average molecular weight is 173 g/mol. The number of rotatable bonds is 3. The second kappa shape index (κ2) is 4.42. The lowest BCUT2D eigenvalue weighted by atomic mass is 10.1. The minimum Gasteiger partial charge on any atom is -0.466 e. The van der Waals surface area contributed by atoms with E-state index in [9.17, 15) is 9.90 Å². The SMILES string of the molecule is CCOC(=O)C[C@@H]1NCC[C@H]1O. The molecule has 0 spiro atoms. The Balaban J connectivity index is 2.25. The molecule has 0 bridgehead atoms. The molecule has 2 atom stereocenters. The molecule has 70 valence electrons. The van der Waals surface area contributed by atoms with Gasteiger partial charge < -0.3 is 15.2 Å². The van der Waals surface area contributed by atoms with Crippen molar-refractivity contribution in [1.82, 2.24) is 5.32 Å². The number of hydrogen-bond donors (Lipinski definition) is 2. The molecule has 1 rings (SSSR count).